The largest absolute Gasteiger partial charge is 0.497 e. The lowest BCUT2D eigenvalue weighted by Gasteiger charge is -2.21. The molecule has 0 aliphatic heterocycles. The van der Waals surface area contributed by atoms with Crippen molar-refractivity contribution in [3.8, 4) is 17.2 Å². The summed E-state index contributed by atoms with van der Waals surface area (Å²) < 4.78 is 10.8. The molecule has 2 heterocycles. The number of nitrogens with zero attached hydrogens (tertiary/aromatic N) is 3. The van der Waals surface area contributed by atoms with Crippen molar-refractivity contribution < 1.29 is 13.9 Å². The zero-order chi connectivity index (χ0) is 19.1. The van der Waals surface area contributed by atoms with Gasteiger partial charge >= 0.3 is 0 Å². The van der Waals surface area contributed by atoms with E-state index in [1.807, 2.05) is 41.1 Å². The number of benzene rings is 1. The van der Waals surface area contributed by atoms with Crippen LogP contribution >= 0.6 is 11.3 Å². The van der Waals surface area contributed by atoms with Crippen LogP contribution in [0.15, 0.2) is 58.2 Å². The van der Waals surface area contributed by atoms with E-state index in [2.05, 4.69) is 16.8 Å². The molecule has 0 atom stereocenters. The Hall–Kier alpha value is -2.93. The Kier molecular flexibility index (Phi) is 6.38. The third kappa shape index (κ3) is 5.04. The Balaban J connectivity index is 1.58. The lowest BCUT2D eigenvalue weighted by Crippen LogP contribution is -2.30. The molecule has 2 aromatic heterocycles. The summed E-state index contributed by atoms with van der Waals surface area (Å²) in [6.45, 7) is 4.74. The molecule has 140 valence electrons. The van der Waals surface area contributed by atoms with Crippen LogP contribution in [0.3, 0.4) is 0 Å². The number of carbonyl (C=O) groups excluding carboxylic acids is 1. The monoisotopic (exact) mass is 383 g/mol. The third-order valence-electron chi connectivity index (χ3n) is 4.02. The molecule has 0 bridgehead atoms. The number of hydrogen-bond acceptors (Lipinski definition) is 6. The minimum absolute atomic E-state index is 0.0148. The Morgan fingerprint density at radius 3 is 2.78 bits per heavy atom. The first kappa shape index (κ1) is 18.8. The normalized spacial score (nSPS) is 10.6. The number of rotatable bonds is 9. The maximum absolute atomic E-state index is 12.6. The van der Waals surface area contributed by atoms with E-state index >= 15 is 0 Å². The molecule has 3 aromatic rings. The van der Waals surface area contributed by atoms with Crippen molar-refractivity contribution in [2.75, 3.05) is 13.7 Å². The van der Waals surface area contributed by atoms with Crippen molar-refractivity contribution in [1.82, 2.24) is 15.1 Å². The second kappa shape index (κ2) is 9.14. The van der Waals surface area contributed by atoms with Gasteiger partial charge in [-0.05, 0) is 29.1 Å². The van der Waals surface area contributed by atoms with Gasteiger partial charge in [0.1, 0.15) is 5.75 Å². The lowest BCUT2D eigenvalue weighted by atomic mass is 10.2. The Labute approximate surface area is 162 Å². The maximum atomic E-state index is 12.6. The number of aromatic nitrogens is 2. The lowest BCUT2D eigenvalue weighted by molar-refractivity contribution is -0.131. The molecule has 7 heteroatoms. The minimum Gasteiger partial charge on any atom is -0.497 e. The molecule has 0 aliphatic carbocycles. The molecule has 0 radical (unpaired) electrons. The first-order chi connectivity index (χ1) is 13.2. The van der Waals surface area contributed by atoms with Crippen molar-refractivity contribution in [1.29, 1.82) is 0 Å². The van der Waals surface area contributed by atoms with E-state index in [1.54, 1.807) is 29.4 Å². The van der Waals surface area contributed by atoms with Gasteiger partial charge < -0.3 is 14.1 Å². The van der Waals surface area contributed by atoms with Gasteiger partial charge in [0.25, 0.3) is 0 Å². The molecule has 0 aliphatic rings. The van der Waals surface area contributed by atoms with Crippen LogP contribution in [0, 0.1) is 0 Å². The highest BCUT2D eigenvalue weighted by Gasteiger charge is 2.15. The van der Waals surface area contributed by atoms with Crippen LogP contribution in [0.5, 0.6) is 5.75 Å². The smallest absolute Gasteiger partial charge is 0.248 e. The summed E-state index contributed by atoms with van der Waals surface area (Å²) in [5.41, 5.74) is 1.93. The quantitative estimate of drug-likeness (QED) is 0.523. The zero-order valence-electron chi connectivity index (χ0n) is 15.1. The number of hydrogen-bond donors (Lipinski definition) is 0. The summed E-state index contributed by atoms with van der Waals surface area (Å²) in [5.74, 6) is 1.76. The van der Waals surface area contributed by atoms with Gasteiger partial charge in [-0.3, -0.25) is 4.79 Å². The van der Waals surface area contributed by atoms with Crippen molar-refractivity contribution in [3.05, 3.63) is 65.2 Å². The molecule has 1 amide bonds. The summed E-state index contributed by atoms with van der Waals surface area (Å²) >= 11 is 1.57. The van der Waals surface area contributed by atoms with Crippen molar-refractivity contribution in [2.24, 2.45) is 0 Å². The van der Waals surface area contributed by atoms with Crippen LogP contribution in [0.25, 0.3) is 11.5 Å². The Bertz CT molecular complexity index is 872. The fourth-order valence-electron chi connectivity index (χ4n) is 2.59. The molecule has 0 saturated carbocycles. The molecule has 0 spiro atoms. The van der Waals surface area contributed by atoms with E-state index in [0.717, 1.165) is 16.9 Å². The van der Waals surface area contributed by atoms with Gasteiger partial charge in [0, 0.05) is 36.9 Å². The maximum Gasteiger partial charge on any atom is 0.248 e. The molecule has 0 fully saturated rings. The molecule has 6 nitrogen and oxygen atoms in total. The second-order valence-electron chi connectivity index (χ2n) is 5.92. The molecule has 0 unspecified atom stereocenters. The fraction of sp³-hybridized carbons (Fsp3) is 0.250. The van der Waals surface area contributed by atoms with E-state index < -0.39 is 0 Å². The summed E-state index contributed by atoms with van der Waals surface area (Å²) in [5, 5.41) is 12.0. The minimum atomic E-state index is 0.0148. The van der Waals surface area contributed by atoms with E-state index in [4.69, 9.17) is 9.15 Å². The summed E-state index contributed by atoms with van der Waals surface area (Å²) in [6.07, 6.45) is 2.43. The standard InChI is InChI=1S/C20H21N3O3S/c1-3-11-23(13-15-4-6-17(25-2)7-5-15)19(24)9-8-18-21-22-20(26-18)16-10-12-27-14-16/h3-7,10,12,14H,1,8-9,11,13H2,2H3. The Morgan fingerprint density at radius 2 is 2.11 bits per heavy atom. The van der Waals surface area contributed by atoms with Crippen LogP contribution in [-0.4, -0.2) is 34.7 Å². The molecule has 27 heavy (non-hydrogen) atoms. The van der Waals surface area contributed by atoms with Crippen LogP contribution in [0.2, 0.25) is 0 Å². The summed E-state index contributed by atoms with van der Waals surface area (Å²) in [7, 11) is 1.63. The first-order valence-electron chi connectivity index (χ1n) is 8.56. The molecule has 3 rings (SSSR count). The fourth-order valence-corrected chi connectivity index (χ4v) is 3.22. The first-order valence-corrected chi connectivity index (χ1v) is 9.50. The van der Waals surface area contributed by atoms with Gasteiger partial charge in [-0.15, -0.1) is 16.8 Å². The van der Waals surface area contributed by atoms with Crippen molar-refractivity contribution in [3.63, 3.8) is 0 Å². The second-order valence-corrected chi connectivity index (χ2v) is 6.70. The predicted molar refractivity (Wildman–Crippen MR) is 105 cm³/mol. The van der Waals surface area contributed by atoms with E-state index in [1.165, 1.54) is 0 Å². The third-order valence-corrected chi connectivity index (χ3v) is 4.71. The molecule has 0 N–H and O–H groups in total. The predicted octanol–water partition coefficient (Wildman–Crippen LogP) is 3.95. The highest BCUT2D eigenvalue weighted by atomic mass is 32.1. The van der Waals surface area contributed by atoms with Gasteiger partial charge in [-0.2, -0.15) is 11.3 Å². The number of thiophene rings is 1. The van der Waals surface area contributed by atoms with E-state index in [-0.39, 0.29) is 5.91 Å². The number of aryl methyl sites for hydroxylation is 1. The number of methoxy groups -OCH3 is 1. The van der Waals surface area contributed by atoms with E-state index in [9.17, 15) is 4.79 Å². The number of amides is 1. The van der Waals surface area contributed by atoms with Gasteiger partial charge in [0.05, 0.1) is 7.11 Å². The van der Waals surface area contributed by atoms with Crippen molar-refractivity contribution >= 4 is 17.2 Å². The van der Waals surface area contributed by atoms with Gasteiger partial charge in [-0.1, -0.05) is 18.2 Å². The highest BCUT2D eigenvalue weighted by molar-refractivity contribution is 7.08. The van der Waals surface area contributed by atoms with Crippen molar-refractivity contribution in [2.45, 2.75) is 19.4 Å². The van der Waals surface area contributed by atoms with Crippen LogP contribution in [-0.2, 0) is 17.8 Å². The highest BCUT2D eigenvalue weighted by Crippen LogP contribution is 2.21. The van der Waals surface area contributed by atoms with Gasteiger partial charge in [0.15, 0.2) is 0 Å². The average Bonchev–Trinajstić information content (AvgIpc) is 3.38. The molecule has 1 aromatic carbocycles. The number of carbonyl (C=O) groups is 1. The Morgan fingerprint density at radius 1 is 1.30 bits per heavy atom. The summed E-state index contributed by atoms with van der Waals surface area (Å²) in [4.78, 5) is 14.4. The molecular formula is C20H21N3O3S. The van der Waals surface area contributed by atoms with Crippen LogP contribution in [0.1, 0.15) is 17.9 Å². The van der Waals surface area contributed by atoms with Crippen LogP contribution < -0.4 is 4.74 Å². The van der Waals surface area contributed by atoms with Gasteiger partial charge in [0.2, 0.25) is 17.7 Å². The zero-order valence-corrected chi connectivity index (χ0v) is 15.9. The molecular weight excluding hydrogens is 362 g/mol. The van der Waals surface area contributed by atoms with Crippen LogP contribution in [0.4, 0.5) is 0 Å². The van der Waals surface area contributed by atoms with Gasteiger partial charge in [-0.25, -0.2) is 0 Å². The molecule has 0 saturated heterocycles. The topological polar surface area (TPSA) is 68.5 Å². The average molecular weight is 383 g/mol. The van der Waals surface area contributed by atoms with E-state index in [0.29, 0.717) is 37.7 Å². The summed E-state index contributed by atoms with van der Waals surface area (Å²) in [6, 6.07) is 9.60. The number of ether oxygens (including phenoxy) is 1. The SMILES string of the molecule is C=CCN(Cc1ccc(OC)cc1)C(=O)CCc1nnc(-c2ccsc2)o1.